The zero-order valence-electron chi connectivity index (χ0n) is 14.1. The Kier molecular flexibility index (Phi) is 5.11. The van der Waals surface area contributed by atoms with Gasteiger partial charge in [-0.2, -0.15) is 0 Å². The van der Waals surface area contributed by atoms with Gasteiger partial charge in [0.05, 0.1) is 24.8 Å². The van der Waals surface area contributed by atoms with Gasteiger partial charge in [0.2, 0.25) is 0 Å². The van der Waals surface area contributed by atoms with Crippen LogP contribution in [0.3, 0.4) is 0 Å². The fourth-order valence-electron chi connectivity index (χ4n) is 2.66. The topological polar surface area (TPSA) is 38.8 Å². The summed E-state index contributed by atoms with van der Waals surface area (Å²) in [5, 5.41) is 0. The Bertz CT molecular complexity index is 877. The Morgan fingerprint density at radius 1 is 1.08 bits per heavy atom. The van der Waals surface area contributed by atoms with Crippen molar-refractivity contribution in [2.24, 2.45) is 0 Å². The van der Waals surface area contributed by atoms with Crippen LogP contribution in [0.1, 0.15) is 11.1 Å². The highest BCUT2D eigenvalue weighted by Crippen LogP contribution is 2.39. The maximum atomic E-state index is 12.9. The Hall–Kier alpha value is -2.31. The van der Waals surface area contributed by atoms with E-state index in [1.54, 1.807) is 25.2 Å². The maximum absolute atomic E-state index is 12.9. The number of anilines is 1. The number of thioether (sulfide) groups is 1. The van der Waals surface area contributed by atoms with Crippen molar-refractivity contribution in [3.05, 3.63) is 58.5 Å². The number of carbonyl (C=O) groups is 1. The number of benzene rings is 2. The van der Waals surface area contributed by atoms with Gasteiger partial charge in [-0.05, 0) is 30.7 Å². The van der Waals surface area contributed by atoms with Crippen molar-refractivity contribution in [1.82, 2.24) is 0 Å². The van der Waals surface area contributed by atoms with E-state index in [2.05, 4.69) is 0 Å². The number of ether oxygens (including phenoxy) is 2. The number of amides is 1. The van der Waals surface area contributed by atoms with E-state index < -0.39 is 0 Å². The SMILES string of the molecule is COc1cccc(/C=C2/SC(=S)N(c3ccccc3C)C2=O)c1OC. The normalized spacial score (nSPS) is 15.8. The molecule has 0 N–H and O–H groups in total. The summed E-state index contributed by atoms with van der Waals surface area (Å²) in [6.45, 7) is 1.96. The van der Waals surface area contributed by atoms with E-state index in [4.69, 9.17) is 21.7 Å². The molecule has 25 heavy (non-hydrogen) atoms. The molecule has 0 bridgehead atoms. The summed E-state index contributed by atoms with van der Waals surface area (Å²) in [6.07, 6.45) is 1.79. The third-order valence-electron chi connectivity index (χ3n) is 3.87. The Morgan fingerprint density at radius 3 is 2.52 bits per heavy atom. The van der Waals surface area contributed by atoms with Crippen LogP contribution in [-0.4, -0.2) is 24.4 Å². The Morgan fingerprint density at radius 2 is 1.84 bits per heavy atom. The number of rotatable bonds is 4. The maximum Gasteiger partial charge on any atom is 0.270 e. The molecule has 6 heteroatoms. The first-order chi connectivity index (χ1) is 12.1. The van der Waals surface area contributed by atoms with E-state index in [0.29, 0.717) is 20.7 Å². The quantitative estimate of drug-likeness (QED) is 0.588. The molecule has 0 aromatic heterocycles. The molecule has 1 aliphatic heterocycles. The van der Waals surface area contributed by atoms with Gasteiger partial charge in [-0.15, -0.1) is 0 Å². The van der Waals surface area contributed by atoms with Gasteiger partial charge in [0, 0.05) is 5.56 Å². The van der Waals surface area contributed by atoms with Crippen LogP contribution in [0.25, 0.3) is 6.08 Å². The molecule has 0 atom stereocenters. The minimum atomic E-state index is -0.130. The number of hydrogen-bond donors (Lipinski definition) is 0. The first kappa shape index (κ1) is 17.5. The molecule has 1 saturated heterocycles. The van der Waals surface area contributed by atoms with Gasteiger partial charge in [-0.3, -0.25) is 9.69 Å². The summed E-state index contributed by atoms with van der Waals surface area (Å²) in [4.78, 5) is 15.0. The predicted molar refractivity (Wildman–Crippen MR) is 106 cm³/mol. The number of thiocarbonyl (C=S) groups is 1. The number of nitrogens with zero attached hydrogens (tertiary/aromatic N) is 1. The van der Waals surface area contributed by atoms with E-state index in [1.807, 2.05) is 49.4 Å². The van der Waals surface area contributed by atoms with Crippen molar-refractivity contribution < 1.29 is 14.3 Å². The fraction of sp³-hybridized carbons (Fsp3) is 0.158. The van der Waals surface area contributed by atoms with Crippen LogP contribution in [-0.2, 0) is 4.79 Å². The standard InChI is InChI=1S/C19H17NO3S2/c1-12-7-4-5-9-14(12)20-18(21)16(25-19(20)24)11-13-8-6-10-15(22-2)17(13)23-3/h4-11H,1-3H3/b16-11+. The molecule has 0 spiro atoms. The second kappa shape index (κ2) is 7.29. The van der Waals surface area contributed by atoms with E-state index >= 15 is 0 Å². The molecule has 1 heterocycles. The second-order valence-electron chi connectivity index (χ2n) is 5.39. The highest BCUT2D eigenvalue weighted by Gasteiger charge is 2.34. The average Bonchev–Trinajstić information content (AvgIpc) is 2.89. The Balaban J connectivity index is 2.01. The molecule has 3 rings (SSSR count). The minimum Gasteiger partial charge on any atom is -0.493 e. The van der Waals surface area contributed by atoms with Crippen molar-refractivity contribution in [2.45, 2.75) is 6.92 Å². The third kappa shape index (κ3) is 3.27. The van der Waals surface area contributed by atoms with Gasteiger partial charge in [0.1, 0.15) is 0 Å². The molecule has 128 valence electrons. The monoisotopic (exact) mass is 371 g/mol. The molecule has 2 aromatic rings. The third-order valence-corrected chi connectivity index (χ3v) is 5.17. The van der Waals surface area contributed by atoms with Gasteiger partial charge in [-0.1, -0.05) is 54.3 Å². The van der Waals surface area contributed by atoms with Crippen LogP contribution in [0.4, 0.5) is 5.69 Å². The van der Waals surface area contributed by atoms with Gasteiger partial charge in [-0.25, -0.2) is 0 Å². The van der Waals surface area contributed by atoms with Crippen LogP contribution >= 0.6 is 24.0 Å². The van der Waals surface area contributed by atoms with Crippen LogP contribution in [0.15, 0.2) is 47.4 Å². The number of para-hydroxylation sites is 2. The largest absolute Gasteiger partial charge is 0.493 e. The van der Waals surface area contributed by atoms with Crippen LogP contribution in [0.5, 0.6) is 11.5 Å². The number of aryl methyl sites for hydroxylation is 1. The molecular formula is C19H17NO3S2. The first-order valence-corrected chi connectivity index (χ1v) is 8.84. The van der Waals surface area contributed by atoms with Gasteiger partial charge >= 0.3 is 0 Å². The summed E-state index contributed by atoms with van der Waals surface area (Å²) in [7, 11) is 3.16. The average molecular weight is 371 g/mol. The van der Waals surface area contributed by atoms with Crippen molar-refractivity contribution >= 4 is 46.0 Å². The van der Waals surface area contributed by atoms with E-state index in [0.717, 1.165) is 16.8 Å². The van der Waals surface area contributed by atoms with Crippen LogP contribution in [0.2, 0.25) is 0 Å². The number of hydrogen-bond acceptors (Lipinski definition) is 5. The number of carbonyl (C=O) groups excluding carboxylic acids is 1. The lowest BCUT2D eigenvalue weighted by Gasteiger charge is -2.16. The van der Waals surface area contributed by atoms with Gasteiger partial charge < -0.3 is 9.47 Å². The highest BCUT2D eigenvalue weighted by atomic mass is 32.2. The predicted octanol–water partition coefficient (Wildman–Crippen LogP) is 4.42. The Labute approximate surface area is 156 Å². The van der Waals surface area contributed by atoms with Crippen molar-refractivity contribution in [3.8, 4) is 11.5 Å². The fourth-order valence-corrected chi connectivity index (χ4v) is 3.93. The van der Waals surface area contributed by atoms with Crippen molar-refractivity contribution in [1.29, 1.82) is 0 Å². The lowest BCUT2D eigenvalue weighted by Crippen LogP contribution is -2.28. The molecule has 1 amide bonds. The lowest BCUT2D eigenvalue weighted by molar-refractivity contribution is -0.113. The highest BCUT2D eigenvalue weighted by molar-refractivity contribution is 8.27. The van der Waals surface area contributed by atoms with Crippen molar-refractivity contribution in [3.63, 3.8) is 0 Å². The summed E-state index contributed by atoms with van der Waals surface area (Å²) < 4.78 is 11.3. The van der Waals surface area contributed by atoms with Gasteiger partial charge in [0.15, 0.2) is 15.8 Å². The molecule has 0 radical (unpaired) electrons. The minimum absolute atomic E-state index is 0.130. The van der Waals surface area contributed by atoms with Crippen molar-refractivity contribution in [2.75, 3.05) is 19.1 Å². The number of methoxy groups -OCH3 is 2. The molecule has 2 aromatic carbocycles. The summed E-state index contributed by atoms with van der Waals surface area (Å²) in [5.41, 5.74) is 2.58. The van der Waals surface area contributed by atoms with E-state index in [9.17, 15) is 4.79 Å². The summed E-state index contributed by atoms with van der Waals surface area (Å²) in [5.74, 6) is 1.07. The van der Waals surface area contributed by atoms with Crippen LogP contribution in [0, 0.1) is 6.92 Å². The second-order valence-corrected chi connectivity index (χ2v) is 7.06. The molecule has 1 fully saturated rings. The summed E-state index contributed by atoms with van der Waals surface area (Å²) >= 11 is 6.72. The van der Waals surface area contributed by atoms with E-state index in [-0.39, 0.29) is 5.91 Å². The molecule has 0 saturated carbocycles. The zero-order valence-corrected chi connectivity index (χ0v) is 15.7. The molecule has 1 aliphatic rings. The zero-order chi connectivity index (χ0) is 18.0. The first-order valence-electron chi connectivity index (χ1n) is 7.61. The van der Waals surface area contributed by atoms with Gasteiger partial charge in [0.25, 0.3) is 5.91 Å². The van der Waals surface area contributed by atoms with E-state index in [1.165, 1.54) is 11.8 Å². The van der Waals surface area contributed by atoms with Crippen LogP contribution < -0.4 is 14.4 Å². The molecule has 0 unspecified atom stereocenters. The summed E-state index contributed by atoms with van der Waals surface area (Å²) in [6, 6.07) is 13.2. The molecule has 4 nitrogen and oxygen atoms in total. The smallest absolute Gasteiger partial charge is 0.270 e. The lowest BCUT2D eigenvalue weighted by atomic mass is 10.1. The molecule has 0 aliphatic carbocycles. The molecular weight excluding hydrogens is 354 g/mol.